The maximum atomic E-state index is 12.9. The van der Waals surface area contributed by atoms with E-state index in [9.17, 15) is 17.6 Å². The third-order valence-electron chi connectivity index (χ3n) is 2.33. The number of nitrogens with two attached hydrogens (primary N) is 1. The maximum absolute atomic E-state index is 12.9. The minimum atomic E-state index is -4.25. The van der Waals surface area contributed by atoms with E-state index in [0.717, 1.165) is 12.1 Å². The third-order valence-corrected chi connectivity index (χ3v) is 2.33. The van der Waals surface area contributed by atoms with Gasteiger partial charge in [0.05, 0.1) is 7.11 Å². The molecule has 0 heterocycles. The molecule has 0 saturated carbocycles. The first kappa shape index (κ1) is 13.8. The van der Waals surface area contributed by atoms with Crippen LogP contribution in [0.15, 0.2) is 18.2 Å². The molecule has 17 heavy (non-hydrogen) atoms. The Balaban J connectivity index is 2.78. The van der Waals surface area contributed by atoms with Gasteiger partial charge in [0.15, 0.2) is 0 Å². The zero-order valence-electron chi connectivity index (χ0n) is 9.22. The number of halogens is 4. The molecule has 6 heteroatoms. The van der Waals surface area contributed by atoms with E-state index in [1.807, 2.05) is 0 Å². The molecular formula is C11H13F4NO. The second-order valence-electron chi connectivity index (χ2n) is 3.65. The van der Waals surface area contributed by atoms with Crippen molar-refractivity contribution >= 4 is 0 Å². The van der Waals surface area contributed by atoms with Gasteiger partial charge in [-0.3, -0.25) is 0 Å². The van der Waals surface area contributed by atoms with Gasteiger partial charge in [-0.1, -0.05) is 6.07 Å². The summed E-state index contributed by atoms with van der Waals surface area (Å²) in [6.07, 6.45) is -5.48. The number of hydrogen-bond donors (Lipinski definition) is 1. The van der Waals surface area contributed by atoms with Gasteiger partial charge < -0.3 is 10.5 Å². The number of ether oxygens (including phenoxy) is 1. The average Bonchev–Trinajstić information content (AvgIpc) is 2.24. The van der Waals surface area contributed by atoms with Crippen molar-refractivity contribution in [2.24, 2.45) is 5.73 Å². The summed E-state index contributed by atoms with van der Waals surface area (Å²) in [4.78, 5) is 0. The van der Waals surface area contributed by atoms with Crippen LogP contribution in [-0.2, 0) is 0 Å². The number of rotatable bonds is 4. The van der Waals surface area contributed by atoms with Crippen molar-refractivity contribution in [3.05, 3.63) is 29.6 Å². The van der Waals surface area contributed by atoms with Crippen molar-refractivity contribution in [1.82, 2.24) is 0 Å². The SMILES string of the molecule is COc1cc(F)ccc1[C@@H](N)CCC(F)(F)F. The minimum absolute atomic E-state index is 0.166. The van der Waals surface area contributed by atoms with Gasteiger partial charge in [0.2, 0.25) is 0 Å². The lowest BCUT2D eigenvalue weighted by Gasteiger charge is -2.16. The third kappa shape index (κ3) is 4.22. The van der Waals surface area contributed by atoms with Crippen LogP contribution in [0.4, 0.5) is 17.6 Å². The quantitative estimate of drug-likeness (QED) is 0.834. The number of benzene rings is 1. The average molecular weight is 251 g/mol. The van der Waals surface area contributed by atoms with Crippen molar-refractivity contribution in [3.63, 3.8) is 0 Å². The summed E-state index contributed by atoms with van der Waals surface area (Å²) < 4.78 is 53.8. The fraction of sp³-hybridized carbons (Fsp3) is 0.455. The lowest BCUT2D eigenvalue weighted by Crippen LogP contribution is -2.16. The molecule has 96 valence electrons. The second-order valence-corrected chi connectivity index (χ2v) is 3.65. The summed E-state index contributed by atoms with van der Waals surface area (Å²) in [7, 11) is 1.31. The van der Waals surface area contributed by atoms with E-state index in [0.29, 0.717) is 5.56 Å². The first-order chi connectivity index (χ1) is 7.83. The van der Waals surface area contributed by atoms with E-state index in [4.69, 9.17) is 10.5 Å². The highest BCUT2D eigenvalue weighted by molar-refractivity contribution is 5.36. The summed E-state index contributed by atoms with van der Waals surface area (Å²) in [6.45, 7) is 0. The largest absolute Gasteiger partial charge is 0.496 e. The van der Waals surface area contributed by atoms with Crippen molar-refractivity contribution < 1.29 is 22.3 Å². The zero-order valence-corrected chi connectivity index (χ0v) is 9.22. The number of methoxy groups -OCH3 is 1. The molecule has 0 aliphatic heterocycles. The van der Waals surface area contributed by atoms with Crippen LogP contribution >= 0.6 is 0 Å². The second kappa shape index (κ2) is 5.35. The Bertz CT molecular complexity index is 378. The smallest absolute Gasteiger partial charge is 0.389 e. The van der Waals surface area contributed by atoms with Gasteiger partial charge >= 0.3 is 6.18 Å². The molecule has 1 rings (SSSR count). The summed E-state index contributed by atoms with van der Waals surface area (Å²) in [5.74, 6) is -0.353. The molecule has 0 aliphatic carbocycles. The van der Waals surface area contributed by atoms with E-state index in [1.54, 1.807) is 0 Å². The highest BCUT2D eigenvalue weighted by Crippen LogP contribution is 2.30. The molecular weight excluding hydrogens is 238 g/mol. The van der Waals surface area contributed by atoms with E-state index in [-0.39, 0.29) is 12.2 Å². The Kier molecular flexibility index (Phi) is 4.34. The lowest BCUT2D eigenvalue weighted by atomic mass is 10.0. The molecule has 0 bridgehead atoms. The molecule has 1 aromatic carbocycles. The van der Waals surface area contributed by atoms with E-state index >= 15 is 0 Å². The first-order valence-corrected chi connectivity index (χ1v) is 4.99. The molecule has 0 spiro atoms. The van der Waals surface area contributed by atoms with Crippen LogP contribution in [-0.4, -0.2) is 13.3 Å². The molecule has 0 unspecified atom stereocenters. The van der Waals surface area contributed by atoms with E-state index < -0.39 is 24.5 Å². The molecule has 0 aliphatic rings. The standard InChI is InChI=1S/C11H13F4NO/c1-17-10-6-7(12)2-3-8(10)9(16)4-5-11(13,14)15/h2-3,6,9H,4-5,16H2,1H3/t9-/m0/s1. The van der Waals surface area contributed by atoms with Gasteiger partial charge in [-0.2, -0.15) is 13.2 Å². The van der Waals surface area contributed by atoms with Crippen molar-refractivity contribution in [1.29, 1.82) is 0 Å². The Morgan fingerprint density at radius 1 is 1.35 bits per heavy atom. The van der Waals surface area contributed by atoms with Crippen molar-refractivity contribution in [2.45, 2.75) is 25.1 Å². The van der Waals surface area contributed by atoms with Crippen LogP contribution in [0.1, 0.15) is 24.4 Å². The Morgan fingerprint density at radius 2 is 2.00 bits per heavy atom. The molecule has 1 atom stereocenters. The molecule has 2 N–H and O–H groups in total. The summed E-state index contributed by atoms with van der Waals surface area (Å²) >= 11 is 0. The van der Waals surface area contributed by atoms with Crippen LogP contribution in [0.5, 0.6) is 5.75 Å². The van der Waals surface area contributed by atoms with Gasteiger partial charge in [-0.15, -0.1) is 0 Å². The number of alkyl halides is 3. The van der Waals surface area contributed by atoms with Crippen LogP contribution in [0.2, 0.25) is 0 Å². The molecule has 0 fully saturated rings. The maximum Gasteiger partial charge on any atom is 0.389 e. The zero-order chi connectivity index (χ0) is 13.1. The minimum Gasteiger partial charge on any atom is -0.496 e. The van der Waals surface area contributed by atoms with Gasteiger partial charge in [0.25, 0.3) is 0 Å². The molecule has 0 radical (unpaired) electrons. The van der Waals surface area contributed by atoms with Gasteiger partial charge in [0, 0.05) is 24.1 Å². The fourth-order valence-electron chi connectivity index (χ4n) is 1.47. The highest BCUT2D eigenvalue weighted by atomic mass is 19.4. The van der Waals surface area contributed by atoms with Gasteiger partial charge in [0.1, 0.15) is 11.6 Å². The first-order valence-electron chi connectivity index (χ1n) is 4.99. The van der Waals surface area contributed by atoms with Gasteiger partial charge in [-0.05, 0) is 12.5 Å². The monoisotopic (exact) mass is 251 g/mol. The molecule has 0 aromatic heterocycles. The summed E-state index contributed by atoms with van der Waals surface area (Å²) in [6, 6.07) is 2.76. The van der Waals surface area contributed by atoms with Crippen molar-refractivity contribution in [3.8, 4) is 5.75 Å². The Hall–Kier alpha value is -1.30. The highest BCUT2D eigenvalue weighted by Gasteiger charge is 2.28. The molecule has 1 aromatic rings. The van der Waals surface area contributed by atoms with Crippen LogP contribution in [0, 0.1) is 5.82 Å². The molecule has 2 nitrogen and oxygen atoms in total. The van der Waals surface area contributed by atoms with Crippen LogP contribution in [0.25, 0.3) is 0 Å². The Morgan fingerprint density at radius 3 is 2.53 bits per heavy atom. The Labute approximate surface area is 96.4 Å². The number of hydrogen-bond acceptors (Lipinski definition) is 2. The fourth-order valence-corrected chi connectivity index (χ4v) is 1.47. The van der Waals surface area contributed by atoms with E-state index in [1.165, 1.54) is 13.2 Å². The topological polar surface area (TPSA) is 35.2 Å². The predicted octanol–water partition coefficient (Wildman–Crippen LogP) is 3.18. The van der Waals surface area contributed by atoms with Crippen molar-refractivity contribution in [2.75, 3.05) is 7.11 Å². The van der Waals surface area contributed by atoms with Crippen LogP contribution in [0.3, 0.4) is 0 Å². The normalized spacial score (nSPS) is 13.5. The predicted molar refractivity (Wildman–Crippen MR) is 55.2 cm³/mol. The molecule has 0 amide bonds. The van der Waals surface area contributed by atoms with E-state index in [2.05, 4.69) is 0 Å². The lowest BCUT2D eigenvalue weighted by molar-refractivity contribution is -0.136. The molecule has 0 saturated heterocycles. The van der Waals surface area contributed by atoms with Crippen LogP contribution < -0.4 is 10.5 Å². The summed E-state index contributed by atoms with van der Waals surface area (Å²) in [5, 5.41) is 0. The van der Waals surface area contributed by atoms with Gasteiger partial charge in [-0.25, -0.2) is 4.39 Å². The summed E-state index contributed by atoms with van der Waals surface area (Å²) in [5.41, 5.74) is 6.00.